The Morgan fingerprint density at radius 1 is 0.242 bits per heavy atom. The molecule has 0 saturated heterocycles. The van der Waals surface area contributed by atoms with Crippen LogP contribution in [0.5, 0.6) is 0 Å². The Bertz CT molecular complexity index is 3570. The summed E-state index contributed by atoms with van der Waals surface area (Å²) in [6, 6.07) is 33.3. The lowest BCUT2D eigenvalue weighted by molar-refractivity contribution is -0.113. The second-order valence-corrected chi connectivity index (χ2v) is 27.1. The lowest BCUT2D eigenvalue weighted by atomic mass is 10.1. The average Bonchev–Trinajstić information content (AvgIpc) is 0.911. The van der Waals surface area contributed by atoms with Crippen LogP contribution in [-0.2, 0) is 57.0 Å². The van der Waals surface area contributed by atoms with Gasteiger partial charge in [0.15, 0.2) is 69.4 Å². The number of methoxy groups -OCH3 is 10. The summed E-state index contributed by atoms with van der Waals surface area (Å²) in [4.78, 5) is 129. The summed E-state index contributed by atoms with van der Waals surface area (Å²) in [6.07, 6.45) is 44.9. The van der Waals surface area contributed by atoms with Crippen molar-refractivity contribution in [1.29, 1.82) is 0 Å². The molecule has 0 aliphatic rings. The van der Waals surface area contributed by atoms with Gasteiger partial charge >= 0.3 is 0 Å². The van der Waals surface area contributed by atoms with Crippen LogP contribution >= 0.6 is 0 Å². The van der Waals surface area contributed by atoms with E-state index in [4.69, 9.17) is 37.9 Å². The first-order chi connectivity index (χ1) is 61.1. The predicted octanol–water partition coefficient (Wildman–Crippen LogP) is 21.0. The number of unbranched alkanes of at least 4 members (excludes halogenated alkanes) is 2. The van der Waals surface area contributed by atoms with Crippen LogP contribution in [0.1, 0.15) is 225 Å². The van der Waals surface area contributed by atoms with Crippen LogP contribution in [0.4, 0.5) is 0 Å². The summed E-state index contributed by atoms with van der Waals surface area (Å²) >= 11 is 0. The Kier molecular flexibility index (Phi) is 91.1. The summed E-state index contributed by atoms with van der Waals surface area (Å²) < 4.78 is 48.4. The van der Waals surface area contributed by atoms with Crippen LogP contribution in [-0.4, -0.2) is 207 Å². The lowest BCUT2D eigenvalue weighted by Gasteiger charge is -2.06. The number of benzene rings is 5. The molecular formula is C106H144O22. The predicted molar refractivity (Wildman–Crippen MR) is 517 cm³/mol. The van der Waals surface area contributed by atoms with Gasteiger partial charge in [-0.1, -0.05) is 243 Å². The van der Waals surface area contributed by atoms with Gasteiger partial charge < -0.3 is 47.4 Å². The van der Waals surface area contributed by atoms with E-state index >= 15 is 0 Å². The zero-order valence-electron chi connectivity index (χ0n) is 80.0. The molecule has 22 heteroatoms. The molecule has 5 rings (SSSR count). The van der Waals surface area contributed by atoms with Crippen LogP contribution in [0.25, 0.3) is 0 Å². The van der Waals surface area contributed by atoms with Crippen molar-refractivity contribution in [2.75, 3.05) is 137 Å². The van der Waals surface area contributed by atoms with E-state index in [1.54, 1.807) is 205 Å². The summed E-state index contributed by atoms with van der Waals surface area (Å²) in [7, 11) is 16.7. The minimum Gasteiger partial charge on any atom is -0.384 e. The van der Waals surface area contributed by atoms with Crippen molar-refractivity contribution >= 4 is 69.4 Å². The monoisotopic (exact) mass is 1770 g/mol. The highest BCUT2D eigenvalue weighted by Crippen LogP contribution is 2.12. The first kappa shape index (κ1) is 127. The van der Waals surface area contributed by atoms with Crippen LogP contribution < -0.4 is 0 Å². The molecule has 128 heavy (non-hydrogen) atoms. The summed E-state index contributed by atoms with van der Waals surface area (Å²) in [5.74, 6) is 6.49. The number of hydrogen-bond donors (Lipinski definition) is 0. The van der Waals surface area contributed by atoms with E-state index in [0.29, 0.717) is 120 Å². The summed E-state index contributed by atoms with van der Waals surface area (Å²) in [5.41, 5.74) is 6.39. The number of allylic oxidation sites excluding steroid dienone is 12. The summed E-state index contributed by atoms with van der Waals surface area (Å²) in [6.45, 7) is 32.1. The fourth-order valence-corrected chi connectivity index (χ4v) is 8.74. The molecule has 0 aliphatic carbocycles. The molecule has 0 N–H and O–H groups in total. The molecule has 700 valence electrons. The van der Waals surface area contributed by atoms with Crippen molar-refractivity contribution in [2.24, 2.45) is 11.8 Å². The van der Waals surface area contributed by atoms with E-state index in [1.807, 2.05) is 60.8 Å². The van der Waals surface area contributed by atoms with E-state index in [0.717, 1.165) is 51.7 Å². The molecule has 0 bridgehead atoms. The van der Waals surface area contributed by atoms with E-state index in [-0.39, 0.29) is 69.4 Å². The quantitative estimate of drug-likeness (QED) is 0.00873. The number of carbonyl (C=O) groups excluding carboxylic acids is 12. The largest absolute Gasteiger partial charge is 0.384 e. The minimum absolute atomic E-state index is 0.0186. The van der Waals surface area contributed by atoms with E-state index in [9.17, 15) is 57.5 Å². The van der Waals surface area contributed by atoms with E-state index in [2.05, 4.69) is 70.9 Å². The third-order valence-corrected chi connectivity index (χ3v) is 15.9. The van der Waals surface area contributed by atoms with Crippen molar-refractivity contribution in [2.45, 2.75) is 122 Å². The second kappa shape index (κ2) is 91.6. The fourth-order valence-electron chi connectivity index (χ4n) is 8.74. The molecule has 0 aliphatic heterocycles. The van der Waals surface area contributed by atoms with E-state index < -0.39 is 0 Å². The minimum atomic E-state index is -0.0202. The van der Waals surface area contributed by atoms with Crippen LogP contribution in [0.15, 0.2) is 256 Å². The molecular weight excluding hydrogens is 1630 g/mol. The van der Waals surface area contributed by atoms with Gasteiger partial charge in [-0.25, -0.2) is 0 Å². The Morgan fingerprint density at radius 3 is 0.562 bits per heavy atom. The molecule has 0 saturated carbocycles. The van der Waals surface area contributed by atoms with Gasteiger partial charge in [0, 0.05) is 139 Å². The van der Waals surface area contributed by atoms with Crippen molar-refractivity contribution < 1.29 is 105 Å². The third-order valence-electron chi connectivity index (χ3n) is 15.9. The van der Waals surface area contributed by atoms with Gasteiger partial charge in [-0.3, -0.25) is 57.5 Å². The summed E-state index contributed by atoms with van der Waals surface area (Å²) in [5, 5.41) is 0. The number of ether oxygens (including phenoxy) is 10. The van der Waals surface area contributed by atoms with Gasteiger partial charge in [0.1, 0.15) is 13.2 Å². The maximum Gasteiger partial charge on any atom is 0.159 e. The van der Waals surface area contributed by atoms with Gasteiger partial charge in [-0.2, -0.15) is 0 Å². The Morgan fingerprint density at radius 2 is 0.414 bits per heavy atom. The maximum atomic E-state index is 10.8. The number of carbonyl (C=O) groups is 12. The topological polar surface area (TPSA) is 297 Å². The van der Waals surface area contributed by atoms with Gasteiger partial charge in [0.05, 0.1) is 52.9 Å². The zero-order valence-corrected chi connectivity index (χ0v) is 80.0. The molecule has 2 atom stereocenters. The number of Topliss-reactive ketones (excluding diaryl/α,β-unsaturated/α-hetero) is 10. The molecule has 22 nitrogen and oxygen atoms in total. The highest BCUT2D eigenvalue weighted by atomic mass is 16.5. The Hall–Kier alpha value is -11.6. The van der Waals surface area contributed by atoms with Gasteiger partial charge in [0.2, 0.25) is 0 Å². The normalized spacial score (nSPS) is 10.8. The van der Waals surface area contributed by atoms with Crippen molar-refractivity contribution in [3.05, 3.63) is 312 Å². The van der Waals surface area contributed by atoms with Crippen LogP contribution in [0.3, 0.4) is 0 Å². The van der Waals surface area contributed by atoms with Crippen LogP contribution in [0, 0.1) is 23.7 Å². The van der Waals surface area contributed by atoms with E-state index in [1.165, 1.54) is 95.2 Å². The standard InChI is InChI=1S/2C14H24O2.5C10H10O2.C8H14O2.C8H10O2.C6H12O2.C6H10O2/c2*1-4-14(13-16-3)11-9-7-5-6-8-10-12-15-2;5*1-7(11)9-3-5-10(6-4-9)8(2)12;1-9-7-5-3-4-6-8-10-2;1-7(9)5-3-4-6-8(2)10;2*1-7-5-3-4-6-8-2/h2*4,7-10,14H,1,5-6,11-13H2,2-3H3;5*3-6H,1-2H3;3-6H,7-8H2,1-2H3;3-6H,1-2H3;3-4H,5-6H2,1-2H3;5-6H2,1-2H3/b2*9-7-,10-8+;;;;;;2*5-3+,6-4+;4-3+;. The number of rotatable bonds is 44. The molecule has 0 radical (unpaired) electrons. The number of hydrogen-bond acceptors (Lipinski definition) is 22. The molecule has 0 heterocycles. The fraction of sp³-hybridized carbons (Fsp3) is 0.377. The molecule has 0 fully saturated rings. The molecule has 2 unspecified atom stereocenters. The molecule has 0 amide bonds. The number of ketones is 12. The van der Waals surface area contributed by atoms with Crippen molar-refractivity contribution in [3.8, 4) is 11.8 Å². The lowest BCUT2D eigenvalue weighted by Crippen LogP contribution is -2.02. The highest BCUT2D eigenvalue weighted by Gasteiger charge is 2.07. The van der Waals surface area contributed by atoms with Crippen LogP contribution in [0.2, 0.25) is 0 Å². The van der Waals surface area contributed by atoms with Gasteiger partial charge in [-0.15, -0.1) is 13.2 Å². The van der Waals surface area contributed by atoms with Crippen molar-refractivity contribution in [3.63, 3.8) is 0 Å². The first-order valence-corrected chi connectivity index (χ1v) is 41.2. The van der Waals surface area contributed by atoms with Crippen molar-refractivity contribution in [1.82, 2.24) is 0 Å². The second-order valence-electron chi connectivity index (χ2n) is 27.1. The molecule has 5 aromatic carbocycles. The molecule has 0 spiro atoms. The van der Waals surface area contributed by atoms with Gasteiger partial charge in [0.25, 0.3) is 0 Å². The Labute approximate surface area is 764 Å². The zero-order chi connectivity index (χ0) is 97.9. The highest BCUT2D eigenvalue weighted by molar-refractivity contribution is 6.01. The third kappa shape index (κ3) is 84.0. The maximum absolute atomic E-state index is 10.8. The SMILES string of the molecule is C=CC(C/C=C\CC/C=C/COC)COC.C=CC(C/C=C\CC/C=C/COC)COC.CC(=O)/C=C/C=C/C(C)=O.CC(=O)c1ccc(C(C)=O)cc1.CC(=O)c1ccc(C(C)=O)cc1.CC(=O)c1ccc(C(C)=O)cc1.CC(=O)c1ccc(C(C)=O)cc1.CC(=O)c1ccc(C(C)=O)cc1.COC/C=C/C=C/COC.COC/C=C/COC.COCC#CCOC. The smallest absolute Gasteiger partial charge is 0.159 e. The molecule has 0 aromatic heterocycles. The first-order valence-electron chi connectivity index (χ1n) is 41.2. The van der Waals surface area contributed by atoms with Gasteiger partial charge in [-0.05, 0) is 134 Å². The average molecular weight is 1770 g/mol. The molecule has 5 aromatic rings. The Balaban J connectivity index is -0.000000322.